The van der Waals surface area contributed by atoms with Gasteiger partial charge in [-0.3, -0.25) is 16.0 Å². The van der Waals surface area contributed by atoms with Crippen LogP contribution in [0.15, 0.2) is 6.20 Å². The molecule has 5 rings (SSSR count). The molecule has 3 N–H and O–H groups in total. The lowest BCUT2D eigenvalue weighted by molar-refractivity contribution is -0.0620. The van der Waals surface area contributed by atoms with Gasteiger partial charge in [0.2, 0.25) is 0 Å². The third-order valence-electron chi connectivity index (χ3n) is 6.19. The molecule has 5 heteroatoms. The van der Waals surface area contributed by atoms with E-state index in [0.29, 0.717) is 11.5 Å². The van der Waals surface area contributed by atoms with Crippen molar-refractivity contribution in [3.63, 3.8) is 0 Å². The molecule has 1 unspecified atom stereocenters. The fraction of sp³-hybridized carbons (Fsp3) is 0.875. The highest BCUT2D eigenvalue weighted by molar-refractivity contribution is 5.04. The molecule has 4 saturated carbocycles. The van der Waals surface area contributed by atoms with Gasteiger partial charge in [-0.05, 0) is 68.1 Å². The van der Waals surface area contributed by atoms with Gasteiger partial charge in [-0.1, -0.05) is 5.21 Å². The van der Waals surface area contributed by atoms with E-state index < -0.39 is 0 Å². The van der Waals surface area contributed by atoms with Crippen molar-refractivity contribution < 1.29 is 0 Å². The van der Waals surface area contributed by atoms with Crippen LogP contribution >= 0.6 is 0 Å². The van der Waals surface area contributed by atoms with E-state index in [1.165, 1.54) is 44.9 Å². The lowest BCUT2D eigenvalue weighted by Gasteiger charge is -2.57. The highest BCUT2D eigenvalue weighted by Gasteiger charge is 2.51. The monoisotopic (exact) mass is 289 g/mol. The highest BCUT2D eigenvalue weighted by Crippen LogP contribution is 2.61. The van der Waals surface area contributed by atoms with Gasteiger partial charge >= 0.3 is 0 Å². The van der Waals surface area contributed by atoms with Crippen LogP contribution in [-0.2, 0) is 13.5 Å². The molecule has 1 heterocycles. The Morgan fingerprint density at radius 3 is 2.38 bits per heavy atom. The van der Waals surface area contributed by atoms with Crippen molar-refractivity contribution in [1.29, 1.82) is 0 Å². The third-order valence-corrected chi connectivity index (χ3v) is 6.19. The molecule has 1 aromatic heterocycles. The third kappa shape index (κ3) is 2.61. The van der Waals surface area contributed by atoms with Gasteiger partial charge in [0.1, 0.15) is 0 Å². The van der Waals surface area contributed by atoms with Gasteiger partial charge < -0.3 is 0 Å². The molecule has 4 bridgehead atoms. The molecule has 5 nitrogen and oxygen atoms in total. The van der Waals surface area contributed by atoms with Gasteiger partial charge in [0.05, 0.1) is 5.69 Å². The minimum absolute atomic E-state index is 0.331. The minimum Gasteiger partial charge on any atom is -0.271 e. The Labute approximate surface area is 126 Å². The Kier molecular flexibility index (Phi) is 3.30. The zero-order valence-electron chi connectivity index (χ0n) is 13.0. The van der Waals surface area contributed by atoms with Crippen molar-refractivity contribution in [1.82, 2.24) is 20.4 Å². The van der Waals surface area contributed by atoms with E-state index in [4.69, 9.17) is 5.84 Å². The summed E-state index contributed by atoms with van der Waals surface area (Å²) in [6.45, 7) is 0. The number of rotatable bonds is 5. The largest absolute Gasteiger partial charge is 0.271 e. The summed E-state index contributed by atoms with van der Waals surface area (Å²) in [6, 6.07) is 0.331. The van der Waals surface area contributed by atoms with Gasteiger partial charge in [-0.25, -0.2) is 0 Å². The fourth-order valence-corrected chi connectivity index (χ4v) is 5.99. The van der Waals surface area contributed by atoms with Crippen molar-refractivity contribution in [3.8, 4) is 0 Å². The van der Waals surface area contributed by atoms with Crippen LogP contribution in [0.3, 0.4) is 0 Å². The molecule has 0 aliphatic heterocycles. The molecule has 4 aliphatic rings. The number of hydrazine groups is 1. The summed E-state index contributed by atoms with van der Waals surface area (Å²) in [5.41, 5.74) is 4.67. The molecule has 0 spiro atoms. The number of nitrogens with two attached hydrogens (primary N) is 1. The summed E-state index contributed by atoms with van der Waals surface area (Å²) in [5, 5.41) is 8.24. The number of hydrogen-bond donors (Lipinski definition) is 2. The van der Waals surface area contributed by atoms with Crippen LogP contribution < -0.4 is 11.3 Å². The van der Waals surface area contributed by atoms with Gasteiger partial charge in [0, 0.05) is 25.7 Å². The quantitative estimate of drug-likeness (QED) is 0.640. The van der Waals surface area contributed by atoms with E-state index in [-0.39, 0.29) is 0 Å². The second-order valence-corrected chi connectivity index (χ2v) is 8.07. The molecule has 0 saturated heterocycles. The zero-order valence-corrected chi connectivity index (χ0v) is 13.0. The summed E-state index contributed by atoms with van der Waals surface area (Å²) >= 11 is 0. The zero-order chi connectivity index (χ0) is 14.4. The van der Waals surface area contributed by atoms with Gasteiger partial charge in [0.25, 0.3) is 0 Å². The molecule has 0 radical (unpaired) electrons. The number of aromatic nitrogens is 3. The summed E-state index contributed by atoms with van der Waals surface area (Å²) < 4.78 is 1.77. The number of aryl methyl sites for hydroxylation is 1. The van der Waals surface area contributed by atoms with Gasteiger partial charge in [-0.15, -0.1) is 5.10 Å². The molecule has 4 aliphatic carbocycles. The Morgan fingerprint density at radius 2 is 1.90 bits per heavy atom. The van der Waals surface area contributed by atoms with Crippen molar-refractivity contribution >= 4 is 0 Å². The van der Waals surface area contributed by atoms with Crippen molar-refractivity contribution in [3.05, 3.63) is 11.9 Å². The first-order valence-corrected chi connectivity index (χ1v) is 8.45. The predicted molar refractivity (Wildman–Crippen MR) is 81.0 cm³/mol. The lowest BCUT2D eigenvalue weighted by atomic mass is 9.48. The second-order valence-electron chi connectivity index (χ2n) is 8.07. The molecule has 21 heavy (non-hydrogen) atoms. The van der Waals surface area contributed by atoms with Crippen LogP contribution in [0.4, 0.5) is 0 Å². The summed E-state index contributed by atoms with van der Waals surface area (Å²) in [6.07, 6.45) is 12.9. The highest BCUT2D eigenvalue weighted by atomic mass is 15.4. The van der Waals surface area contributed by atoms with Crippen LogP contribution in [0.2, 0.25) is 0 Å². The topological polar surface area (TPSA) is 68.8 Å². The average molecular weight is 289 g/mol. The standard InChI is InChI=1S/C16H27N5/c1-21-10-15(19-20-21)5-14(18-17)9-16-6-11-2-12(7-16)4-13(3-11)8-16/h10-14,18H,2-9,17H2,1H3. The fourth-order valence-electron chi connectivity index (χ4n) is 5.99. The molecule has 4 fully saturated rings. The van der Waals surface area contributed by atoms with Gasteiger partial charge in [0.15, 0.2) is 0 Å². The molecule has 1 aromatic rings. The summed E-state index contributed by atoms with van der Waals surface area (Å²) in [4.78, 5) is 0. The van der Waals surface area contributed by atoms with Crippen LogP contribution in [0.5, 0.6) is 0 Å². The molecular formula is C16H27N5. The Bertz CT molecular complexity index is 473. The van der Waals surface area contributed by atoms with E-state index in [1.54, 1.807) is 4.68 Å². The number of nitrogens with zero attached hydrogens (tertiary/aromatic N) is 3. The molecular weight excluding hydrogens is 262 g/mol. The number of nitrogens with one attached hydrogen (secondary N) is 1. The van der Waals surface area contributed by atoms with Crippen LogP contribution in [0, 0.1) is 23.2 Å². The maximum absolute atomic E-state index is 5.85. The van der Waals surface area contributed by atoms with Crippen molar-refractivity contribution in [2.24, 2.45) is 36.1 Å². The van der Waals surface area contributed by atoms with Crippen LogP contribution in [0.1, 0.15) is 50.6 Å². The minimum atomic E-state index is 0.331. The first-order valence-electron chi connectivity index (χ1n) is 8.45. The van der Waals surface area contributed by atoms with Crippen LogP contribution in [0.25, 0.3) is 0 Å². The normalized spacial score (nSPS) is 38.9. The van der Waals surface area contributed by atoms with Gasteiger partial charge in [-0.2, -0.15) is 0 Å². The molecule has 116 valence electrons. The van der Waals surface area contributed by atoms with E-state index in [0.717, 1.165) is 29.9 Å². The maximum Gasteiger partial charge on any atom is 0.0843 e. The molecule has 1 atom stereocenters. The van der Waals surface area contributed by atoms with Crippen molar-refractivity contribution in [2.45, 2.75) is 57.4 Å². The molecule has 0 aromatic carbocycles. The summed E-state index contributed by atoms with van der Waals surface area (Å²) in [7, 11) is 1.92. The average Bonchev–Trinajstić information content (AvgIpc) is 2.81. The first kappa shape index (κ1) is 13.7. The van der Waals surface area contributed by atoms with E-state index in [1.807, 2.05) is 13.2 Å². The van der Waals surface area contributed by atoms with E-state index in [9.17, 15) is 0 Å². The second kappa shape index (κ2) is 5.06. The Hall–Kier alpha value is -0.940. The number of hydrogen-bond acceptors (Lipinski definition) is 4. The van der Waals surface area contributed by atoms with Crippen LogP contribution in [-0.4, -0.2) is 21.0 Å². The summed E-state index contributed by atoms with van der Waals surface area (Å²) in [5.74, 6) is 8.87. The Morgan fingerprint density at radius 1 is 1.29 bits per heavy atom. The lowest BCUT2D eigenvalue weighted by Crippen LogP contribution is -2.50. The predicted octanol–water partition coefficient (Wildman–Crippen LogP) is 1.80. The SMILES string of the molecule is Cn1cc(CC(CC23CC4CC(CC(C4)C2)C3)NN)nn1. The Balaban J connectivity index is 1.46. The van der Waals surface area contributed by atoms with E-state index in [2.05, 4.69) is 15.7 Å². The van der Waals surface area contributed by atoms with E-state index >= 15 is 0 Å². The maximum atomic E-state index is 5.85. The molecule has 0 amide bonds. The first-order chi connectivity index (χ1) is 10.1. The van der Waals surface area contributed by atoms with Crippen molar-refractivity contribution in [2.75, 3.05) is 0 Å². The smallest absolute Gasteiger partial charge is 0.0843 e.